The largest absolute Gasteiger partial charge is 0.475 e. The van der Waals surface area contributed by atoms with Crippen LogP contribution in [0.25, 0.3) is 6.08 Å². The Bertz CT molecular complexity index is 500. The van der Waals surface area contributed by atoms with Gasteiger partial charge in [-0.25, -0.2) is 4.99 Å². The van der Waals surface area contributed by atoms with Gasteiger partial charge >= 0.3 is 0 Å². The molecule has 0 N–H and O–H groups in total. The van der Waals surface area contributed by atoms with Crippen LogP contribution in [0.4, 0.5) is 0 Å². The van der Waals surface area contributed by atoms with Gasteiger partial charge in [0.05, 0.1) is 6.04 Å². The van der Waals surface area contributed by atoms with Crippen molar-refractivity contribution in [1.29, 1.82) is 0 Å². The van der Waals surface area contributed by atoms with Crippen LogP contribution < -0.4 is 0 Å². The maximum Gasteiger partial charge on any atom is 0.217 e. The van der Waals surface area contributed by atoms with E-state index >= 15 is 0 Å². The van der Waals surface area contributed by atoms with E-state index in [1.807, 2.05) is 0 Å². The second-order valence-electron chi connectivity index (χ2n) is 5.04. The van der Waals surface area contributed by atoms with Crippen LogP contribution >= 0.6 is 0 Å². The molecule has 0 fully saturated rings. The first-order valence-corrected chi connectivity index (χ1v) is 6.25. The third kappa shape index (κ3) is 1.78. The van der Waals surface area contributed by atoms with Gasteiger partial charge in [0.2, 0.25) is 5.90 Å². The number of aliphatic imine (C=N–C) groups is 1. The summed E-state index contributed by atoms with van der Waals surface area (Å²) in [4.78, 5) is 4.70. The van der Waals surface area contributed by atoms with Gasteiger partial charge < -0.3 is 4.74 Å². The highest BCUT2D eigenvalue weighted by Crippen LogP contribution is 2.26. The van der Waals surface area contributed by atoms with Crippen LogP contribution in [-0.2, 0) is 11.2 Å². The van der Waals surface area contributed by atoms with Crippen LogP contribution in [-0.4, -0.2) is 18.5 Å². The van der Waals surface area contributed by atoms with E-state index in [-0.39, 0.29) is 0 Å². The number of hydrogen-bond donors (Lipinski definition) is 0. The van der Waals surface area contributed by atoms with Crippen molar-refractivity contribution in [3.63, 3.8) is 0 Å². The summed E-state index contributed by atoms with van der Waals surface area (Å²) >= 11 is 0. The lowest BCUT2D eigenvalue weighted by Crippen LogP contribution is -2.13. The van der Waals surface area contributed by atoms with Crippen LogP contribution in [0.3, 0.4) is 0 Å². The Balaban J connectivity index is 1.98. The van der Waals surface area contributed by atoms with Gasteiger partial charge in [-0.05, 0) is 29.5 Å². The lowest BCUT2D eigenvalue weighted by molar-refractivity contribution is 0.292. The molecule has 0 unspecified atom stereocenters. The highest BCUT2D eigenvalue weighted by molar-refractivity contribution is 5.99. The van der Waals surface area contributed by atoms with Gasteiger partial charge in [-0.2, -0.15) is 0 Å². The summed E-state index contributed by atoms with van der Waals surface area (Å²) in [6, 6.07) is 6.69. The summed E-state index contributed by atoms with van der Waals surface area (Å²) in [6.45, 7) is 5.10. The summed E-state index contributed by atoms with van der Waals surface area (Å²) in [5.74, 6) is 1.37. The van der Waals surface area contributed by atoms with E-state index in [4.69, 9.17) is 9.73 Å². The summed E-state index contributed by atoms with van der Waals surface area (Å²) in [5.41, 5.74) is 3.82. The minimum Gasteiger partial charge on any atom is -0.475 e. The molecule has 0 saturated heterocycles. The lowest BCUT2D eigenvalue weighted by atomic mass is 10.0. The van der Waals surface area contributed by atoms with E-state index in [0.29, 0.717) is 12.0 Å². The van der Waals surface area contributed by atoms with Crippen LogP contribution in [0.15, 0.2) is 29.3 Å². The van der Waals surface area contributed by atoms with Crippen molar-refractivity contribution in [2.24, 2.45) is 10.9 Å². The number of benzene rings is 1. The molecule has 1 aliphatic carbocycles. The first kappa shape index (κ1) is 10.6. The molecular formula is C15H17NO. The predicted molar refractivity (Wildman–Crippen MR) is 70.3 cm³/mol. The molecule has 88 valence electrons. The van der Waals surface area contributed by atoms with E-state index in [1.165, 1.54) is 11.1 Å². The van der Waals surface area contributed by atoms with Crippen molar-refractivity contribution in [3.05, 3.63) is 41.0 Å². The summed E-state index contributed by atoms with van der Waals surface area (Å²) in [6.07, 6.45) is 5.41. The molecular weight excluding hydrogens is 210 g/mol. The third-order valence-corrected chi connectivity index (χ3v) is 3.49. The van der Waals surface area contributed by atoms with Crippen molar-refractivity contribution in [2.75, 3.05) is 6.61 Å². The number of nitrogens with zero attached hydrogens (tertiary/aromatic N) is 1. The van der Waals surface area contributed by atoms with Crippen molar-refractivity contribution in [3.8, 4) is 0 Å². The molecule has 1 aromatic rings. The molecule has 2 aliphatic rings. The van der Waals surface area contributed by atoms with E-state index in [2.05, 4.69) is 44.2 Å². The predicted octanol–water partition coefficient (Wildman–Crippen LogP) is 3.06. The Morgan fingerprint density at radius 1 is 1.35 bits per heavy atom. The number of hydrogen-bond acceptors (Lipinski definition) is 2. The average molecular weight is 227 g/mol. The fourth-order valence-electron chi connectivity index (χ4n) is 2.36. The van der Waals surface area contributed by atoms with Gasteiger partial charge in [0, 0.05) is 5.56 Å². The quantitative estimate of drug-likeness (QED) is 0.761. The molecule has 2 nitrogen and oxygen atoms in total. The molecule has 0 aromatic heterocycles. The first-order chi connectivity index (χ1) is 8.25. The zero-order valence-corrected chi connectivity index (χ0v) is 10.3. The molecule has 0 radical (unpaired) electrons. The number of allylic oxidation sites excluding steroid dienone is 1. The Labute approximate surface area is 102 Å². The molecule has 0 saturated carbocycles. The van der Waals surface area contributed by atoms with E-state index in [0.717, 1.165) is 24.5 Å². The molecule has 0 bridgehead atoms. The van der Waals surface area contributed by atoms with Crippen LogP contribution in [0.2, 0.25) is 0 Å². The van der Waals surface area contributed by atoms with Gasteiger partial charge in [-0.3, -0.25) is 0 Å². The van der Waals surface area contributed by atoms with Gasteiger partial charge in [0.1, 0.15) is 6.61 Å². The van der Waals surface area contributed by atoms with Gasteiger partial charge in [-0.1, -0.05) is 38.1 Å². The minimum absolute atomic E-state index is 0.311. The topological polar surface area (TPSA) is 21.6 Å². The van der Waals surface area contributed by atoms with Gasteiger partial charge in [-0.15, -0.1) is 0 Å². The van der Waals surface area contributed by atoms with E-state index < -0.39 is 0 Å². The molecule has 2 heteroatoms. The Kier molecular flexibility index (Phi) is 2.50. The minimum atomic E-state index is 0.311. The molecule has 1 atom stereocenters. The van der Waals surface area contributed by atoms with Crippen molar-refractivity contribution in [2.45, 2.75) is 26.3 Å². The second-order valence-corrected chi connectivity index (χ2v) is 5.04. The highest BCUT2D eigenvalue weighted by Gasteiger charge is 2.24. The van der Waals surface area contributed by atoms with Crippen LogP contribution in [0.1, 0.15) is 30.5 Å². The van der Waals surface area contributed by atoms with Crippen LogP contribution in [0, 0.1) is 5.92 Å². The number of ether oxygens (including phenoxy) is 1. The molecule has 3 rings (SSSR count). The fourth-order valence-corrected chi connectivity index (χ4v) is 2.36. The standard InChI is InChI=1S/C15H17NO/c1-10(2)14-9-17-15(16-14)13-8-4-6-11-5-3-7-12(11)13/h3-4,6-8,10,14H,5,9H2,1-2H3/t14-/m1/s1. The third-order valence-electron chi connectivity index (χ3n) is 3.49. The maximum atomic E-state index is 5.75. The normalized spacial score (nSPS) is 21.6. The number of fused-ring (bicyclic) bond motifs is 1. The zero-order chi connectivity index (χ0) is 11.8. The first-order valence-electron chi connectivity index (χ1n) is 6.25. The molecule has 0 amide bonds. The average Bonchev–Trinajstić information content (AvgIpc) is 2.97. The molecule has 1 aliphatic heterocycles. The monoisotopic (exact) mass is 227 g/mol. The van der Waals surface area contributed by atoms with E-state index in [9.17, 15) is 0 Å². The molecule has 1 aromatic carbocycles. The maximum absolute atomic E-state index is 5.75. The highest BCUT2D eigenvalue weighted by atomic mass is 16.5. The molecule has 17 heavy (non-hydrogen) atoms. The Morgan fingerprint density at radius 3 is 3.00 bits per heavy atom. The van der Waals surface area contributed by atoms with Crippen molar-refractivity contribution >= 4 is 12.0 Å². The lowest BCUT2D eigenvalue weighted by Gasteiger charge is -2.07. The van der Waals surface area contributed by atoms with Gasteiger partial charge in [0.15, 0.2) is 0 Å². The fraction of sp³-hybridized carbons (Fsp3) is 0.400. The summed E-state index contributed by atoms with van der Waals surface area (Å²) in [5, 5.41) is 0. The van der Waals surface area contributed by atoms with Crippen LogP contribution in [0.5, 0.6) is 0 Å². The van der Waals surface area contributed by atoms with Crippen molar-refractivity contribution < 1.29 is 4.74 Å². The Morgan fingerprint density at radius 2 is 2.24 bits per heavy atom. The summed E-state index contributed by atoms with van der Waals surface area (Å²) in [7, 11) is 0. The smallest absolute Gasteiger partial charge is 0.217 e. The second kappa shape index (κ2) is 4.02. The Hall–Kier alpha value is -1.57. The summed E-state index contributed by atoms with van der Waals surface area (Å²) < 4.78 is 5.75. The molecule has 0 spiro atoms. The zero-order valence-electron chi connectivity index (χ0n) is 10.3. The molecule has 1 heterocycles. The SMILES string of the molecule is CC(C)[C@H]1COC(c2cccc3c2C=CC3)=N1. The van der Waals surface area contributed by atoms with E-state index in [1.54, 1.807) is 0 Å². The van der Waals surface area contributed by atoms with Gasteiger partial charge in [0.25, 0.3) is 0 Å². The number of rotatable bonds is 2. The van der Waals surface area contributed by atoms with Crippen molar-refractivity contribution in [1.82, 2.24) is 0 Å².